The minimum Gasteiger partial charge on any atom is -0.481 e. The molecule has 3 rings (SSSR count). The average molecular weight is 279 g/mol. The van der Waals surface area contributed by atoms with Gasteiger partial charge >= 0.3 is 5.97 Å². The molecule has 0 radical (unpaired) electrons. The van der Waals surface area contributed by atoms with Crippen LogP contribution in [0.4, 0.5) is 0 Å². The molecule has 4 heteroatoms. The molecule has 2 bridgehead atoms. The molecule has 4 unspecified atom stereocenters. The molecule has 1 amide bonds. The van der Waals surface area contributed by atoms with Crippen LogP contribution in [0.15, 0.2) is 0 Å². The second-order valence-electron chi connectivity index (χ2n) is 7.18. The summed E-state index contributed by atoms with van der Waals surface area (Å²) >= 11 is 0. The van der Waals surface area contributed by atoms with E-state index in [2.05, 4.69) is 12.2 Å². The van der Waals surface area contributed by atoms with Gasteiger partial charge in [-0.15, -0.1) is 0 Å². The van der Waals surface area contributed by atoms with E-state index in [1.54, 1.807) is 0 Å². The van der Waals surface area contributed by atoms with E-state index in [9.17, 15) is 9.59 Å². The maximum atomic E-state index is 12.3. The first-order chi connectivity index (χ1) is 9.54. The summed E-state index contributed by atoms with van der Waals surface area (Å²) in [5, 5.41) is 12.2. The molecule has 0 aromatic heterocycles. The molecule has 0 aliphatic heterocycles. The van der Waals surface area contributed by atoms with Gasteiger partial charge in [0.05, 0.1) is 5.92 Å². The van der Waals surface area contributed by atoms with Crippen LogP contribution in [-0.4, -0.2) is 23.0 Å². The van der Waals surface area contributed by atoms with Gasteiger partial charge in [0.1, 0.15) is 0 Å². The summed E-state index contributed by atoms with van der Waals surface area (Å²) in [5.74, 6) is 1.29. The molecule has 3 fully saturated rings. The van der Waals surface area contributed by atoms with Gasteiger partial charge in [-0.3, -0.25) is 9.59 Å². The molecule has 6 atom stereocenters. The Morgan fingerprint density at radius 2 is 1.80 bits per heavy atom. The lowest BCUT2D eigenvalue weighted by Gasteiger charge is -2.29. The van der Waals surface area contributed by atoms with Crippen LogP contribution in [0.3, 0.4) is 0 Å². The fraction of sp³-hybridized carbons (Fsp3) is 0.875. The lowest BCUT2D eigenvalue weighted by Crippen LogP contribution is -2.42. The Morgan fingerprint density at radius 3 is 2.35 bits per heavy atom. The molecular formula is C16H25NO3. The first-order valence-corrected chi connectivity index (χ1v) is 8.07. The number of carboxylic acid groups (broad SMARTS) is 1. The van der Waals surface area contributed by atoms with Crippen LogP contribution >= 0.6 is 0 Å². The third-order valence-corrected chi connectivity index (χ3v) is 5.96. The second kappa shape index (κ2) is 5.38. The summed E-state index contributed by atoms with van der Waals surface area (Å²) in [6.07, 6.45) is 7.24. The van der Waals surface area contributed by atoms with Gasteiger partial charge in [0.15, 0.2) is 0 Å². The molecule has 0 heterocycles. The van der Waals surface area contributed by atoms with Crippen LogP contribution < -0.4 is 5.32 Å². The number of aliphatic carboxylic acids is 1. The number of carbonyl (C=O) groups is 2. The molecule has 3 aliphatic carbocycles. The quantitative estimate of drug-likeness (QED) is 0.830. The minimum atomic E-state index is -0.749. The molecule has 0 spiro atoms. The summed E-state index contributed by atoms with van der Waals surface area (Å²) in [6.45, 7) is 2.13. The van der Waals surface area contributed by atoms with E-state index in [0.717, 1.165) is 18.3 Å². The fourth-order valence-electron chi connectivity index (χ4n) is 4.80. The molecular weight excluding hydrogens is 254 g/mol. The Bertz CT molecular complexity index is 409. The maximum Gasteiger partial charge on any atom is 0.306 e. The van der Waals surface area contributed by atoms with Gasteiger partial charge in [-0.1, -0.05) is 6.42 Å². The Morgan fingerprint density at radius 1 is 1.05 bits per heavy atom. The highest BCUT2D eigenvalue weighted by atomic mass is 16.4. The Hall–Kier alpha value is -1.06. The standard InChI is InChI=1S/C16H25NO3/c1-9(14-7-10-2-3-11(14)6-10)17-15(18)12-4-5-13(8-12)16(19)20/h9-14H,2-8H2,1H3,(H,17,18)(H,19,20)/t9?,10?,11?,12-,13+,14?/m1/s1. The zero-order valence-corrected chi connectivity index (χ0v) is 12.2. The maximum absolute atomic E-state index is 12.3. The van der Waals surface area contributed by atoms with Crippen molar-refractivity contribution in [2.24, 2.45) is 29.6 Å². The molecule has 0 saturated heterocycles. The van der Waals surface area contributed by atoms with Crippen molar-refractivity contribution in [2.45, 2.75) is 57.9 Å². The molecule has 0 aromatic rings. The predicted octanol–water partition coefficient (Wildman–Crippen LogP) is 2.43. The van der Waals surface area contributed by atoms with Crippen molar-refractivity contribution in [3.63, 3.8) is 0 Å². The first kappa shape index (κ1) is 13.9. The predicted molar refractivity (Wildman–Crippen MR) is 75.0 cm³/mol. The third kappa shape index (κ3) is 2.57. The third-order valence-electron chi connectivity index (χ3n) is 5.96. The van der Waals surface area contributed by atoms with Crippen molar-refractivity contribution in [2.75, 3.05) is 0 Å². The number of amides is 1. The second-order valence-corrected chi connectivity index (χ2v) is 7.18. The highest BCUT2D eigenvalue weighted by Crippen LogP contribution is 2.49. The van der Waals surface area contributed by atoms with Crippen LogP contribution in [0.2, 0.25) is 0 Å². The smallest absolute Gasteiger partial charge is 0.306 e. The fourth-order valence-corrected chi connectivity index (χ4v) is 4.80. The highest BCUT2D eigenvalue weighted by Gasteiger charge is 2.43. The van der Waals surface area contributed by atoms with Gasteiger partial charge < -0.3 is 10.4 Å². The van der Waals surface area contributed by atoms with E-state index in [1.165, 1.54) is 25.7 Å². The lowest BCUT2D eigenvalue weighted by molar-refractivity contribution is -0.141. The molecule has 3 aliphatic rings. The van der Waals surface area contributed by atoms with Crippen molar-refractivity contribution in [3.8, 4) is 0 Å². The van der Waals surface area contributed by atoms with Crippen LogP contribution in [-0.2, 0) is 9.59 Å². The summed E-state index contributed by atoms with van der Waals surface area (Å²) in [4.78, 5) is 23.2. The van der Waals surface area contributed by atoms with E-state index in [4.69, 9.17) is 5.11 Å². The number of rotatable bonds is 4. The molecule has 3 saturated carbocycles. The Labute approximate surface area is 120 Å². The molecule has 20 heavy (non-hydrogen) atoms. The molecule has 112 valence electrons. The molecule has 4 nitrogen and oxygen atoms in total. The number of hydrogen-bond acceptors (Lipinski definition) is 2. The minimum absolute atomic E-state index is 0.0860. The van der Waals surface area contributed by atoms with E-state index in [0.29, 0.717) is 18.8 Å². The zero-order valence-electron chi connectivity index (χ0n) is 12.2. The van der Waals surface area contributed by atoms with Crippen molar-refractivity contribution >= 4 is 11.9 Å². The summed E-state index contributed by atoms with van der Waals surface area (Å²) in [7, 11) is 0. The van der Waals surface area contributed by atoms with Gasteiger partial charge in [-0.2, -0.15) is 0 Å². The van der Waals surface area contributed by atoms with Crippen molar-refractivity contribution in [1.82, 2.24) is 5.32 Å². The SMILES string of the molecule is CC(NC(=O)[C@@H]1CC[C@H](C(=O)O)C1)C1CC2CCC1C2. The Kier molecular flexibility index (Phi) is 3.74. The number of carboxylic acids is 1. The topological polar surface area (TPSA) is 66.4 Å². The first-order valence-electron chi connectivity index (χ1n) is 8.07. The molecule has 2 N–H and O–H groups in total. The normalized spacial score (nSPS) is 40.8. The van der Waals surface area contributed by atoms with Crippen LogP contribution in [0.25, 0.3) is 0 Å². The van der Waals surface area contributed by atoms with E-state index in [1.807, 2.05) is 0 Å². The van der Waals surface area contributed by atoms with Crippen LogP contribution in [0.5, 0.6) is 0 Å². The van der Waals surface area contributed by atoms with Gasteiger partial charge in [-0.25, -0.2) is 0 Å². The highest BCUT2D eigenvalue weighted by molar-refractivity contribution is 5.81. The number of carbonyl (C=O) groups excluding carboxylic acids is 1. The van der Waals surface area contributed by atoms with E-state index >= 15 is 0 Å². The Balaban J connectivity index is 1.50. The van der Waals surface area contributed by atoms with Crippen molar-refractivity contribution in [3.05, 3.63) is 0 Å². The average Bonchev–Trinajstić information content (AvgIpc) is 3.14. The van der Waals surface area contributed by atoms with Crippen molar-refractivity contribution < 1.29 is 14.7 Å². The van der Waals surface area contributed by atoms with Crippen molar-refractivity contribution in [1.29, 1.82) is 0 Å². The van der Waals surface area contributed by atoms with Gasteiger partial charge in [0.25, 0.3) is 0 Å². The van der Waals surface area contributed by atoms with Gasteiger partial charge in [-0.05, 0) is 63.2 Å². The van der Waals surface area contributed by atoms with Crippen LogP contribution in [0.1, 0.15) is 51.9 Å². The van der Waals surface area contributed by atoms with Gasteiger partial charge in [0, 0.05) is 12.0 Å². The largest absolute Gasteiger partial charge is 0.481 e. The zero-order chi connectivity index (χ0) is 14.3. The summed E-state index contributed by atoms with van der Waals surface area (Å²) < 4.78 is 0. The van der Waals surface area contributed by atoms with E-state index in [-0.39, 0.29) is 23.8 Å². The van der Waals surface area contributed by atoms with Gasteiger partial charge in [0.2, 0.25) is 5.91 Å². The monoisotopic (exact) mass is 279 g/mol. The van der Waals surface area contributed by atoms with Crippen LogP contribution in [0, 0.1) is 29.6 Å². The number of fused-ring (bicyclic) bond motifs is 2. The summed E-state index contributed by atoms with van der Waals surface area (Å²) in [6, 6.07) is 0.252. The summed E-state index contributed by atoms with van der Waals surface area (Å²) in [5.41, 5.74) is 0. The number of hydrogen-bond donors (Lipinski definition) is 2. The molecule has 0 aromatic carbocycles. The van der Waals surface area contributed by atoms with E-state index < -0.39 is 5.97 Å². The lowest BCUT2D eigenvalue weighted by atomic mass is 9.84. The number of nitrogens with one attached hydrogen (secondary N) is 1.